The zero-order valence-electron chi connectivity index (χ0n) is 24.4. The third-order valence-corrected chi connectivity index (χ3v) is 8.60. The average Bonchev–Trinajstić information content (AvgIpc) is 3.01. The van der Waals surface area contributed by atoms with Gasteiger partial charge in [-0.25, -0.2) is 13.2 Å². The van der Waals surface area contributed by atoms with Crippen LogP contribution in [0.3, 0.4) is 0 Å². The van der Waals surface area contributed by atoms with E-state index in [9.17, 15) is 18.0 Å². The fraction of sp³-hybridized carbons (Fsp3) is 0.257. The Morgan fingerprint density at radius 1 is 0.744 bits per heavy atom. The van der Waals surface area contributed by atoms with Crippen molar-refractivity contribution in [2.45, 2.75) is 51.0 Å². The van der Waals surface area contributed by atoms with E-state index >= 15 is 0 Å². The van der Waals surface area contributed by atoms with Crippen molar-refractivity contribution in [3.05, 3.63) is 126 Å². The van der Waals surface area contributed by atoms with Crippen LogP contribution < -0.4 is 10.6 Å². The van der Waals surface area contributed by atoms with Crippen LogP contribution in [0.15, 0.2) is 109 Å². The van der Waals surface area contributed by atoms with E-state index in [4.69, 9.17) is 4.74 Å². The van der Waals surface area contributed by atoms with Crippen molar-refractivity contribution in [2.24, 2.45) is 0 Å². The summed E-state index contributed by atoms with van der Waals surface area (Å²) in [4.78, 5) is 26.4. The summed E-state index contributed by atoms with van der Waals surface area (Å²) in [7, 11) is -3.34. The first-order chi connectivity index (χ1) is 20.8. The number of rotatable bonds is 14. The summed E-state index contributed by atoms with van der Waals surface area (Å²) in [5, 5.41) is 5.64. The highest BCUT2D eigenvalue weighted by molar-refractivity contribution is 7.90. The Bertz CT molecular complexity index is 1580. The van der Waals surface area contributed by atoms with Gasteiger partial charge in [0.05, 0.1) is 11.5 Å². The van der Waals surface area contributed by atoms with Crippen LogP contribution in [0.4, 0.5) is 10.5 Å². The molecule has 0 bridgehead atoms. The molecule has 2 N–H and O–H groups in total. The molecule has 0 aromatic heterocycles. The number of carbonyl (C=O) groups excluding carboxylic acids is 2. The molecule has 0 saturated heterocycles. The second kappa shape index (κ2) is 15.7. The number of hydrogen-bond acceptors (Lipinski definition) is 5. The summed E-state index contributed by atoms with van der Waals surface area (Å²) < 4.78 is 31.2. The quantitative estimate of drug-likeness (QED) is 0.153. The van der Waals surface area contributed by atoms with Gasteiger partial charge in [-0.2, -0.15) is 0 Å². The Hall–Kier alpha value is -4.43. The van der Waals surface area contributed by atoms with Crippen LogP contribution in [-0.4, -0.2) is 32.2 Å². The molecule has 4 rings (SSSR count). The first-order valence-corrected chi connectivity index (χ1v) is 16.4. The Morgan fingerprint density at radius 2 is 1.37 bits per heavy atom. The van der Waals surface area contributed by atoms with Crippen LogP contribution in [-0.2, 0) is 38.1 Å². The summed E-state index contributed by atoms with van der Waals surface area (Å²) in [5.74, 6) is -0.452. The average molecular weight is 599 g/mol. The molecule has 0 heterocycles. The number of carbonyl (C=O) groups is 2. The molecule has 7 nitrogen and oxygen atoms in total. The van der Waals surface area contributed by atoms with Crippen LogP contribution in [0.5, 0.6) is 0 Å². The van der Waals surface area contributed by atoms with Gasteiger partial charge < -0.3 is 15.4 Å². The van der Waals surface area contributed by atoms with Crippen molar-refractivity contribution in [3.8, 4) is 11.1 Å². The lowest BCUT2D eigenvalue weighted by molar-refractivity contribution is -0.118. The smallest absolute Gasteiger partial charge is 0.408 e. The van der Waals surface area contributed by atoms with Gasteiger partial charge in [0.2, 0.25) is 5.91 Å². The highest BCUT2D eigenvalue weighted by Crippen LogP contribution is 2.26. The van der Waals surface area contributed by atoms with Crippen molar-refractivity contribution in [3.63, 3.8) is 0 Å². The first-order valence-electron chi connectivity index (χ1n) is 14.5. The first kappa shape index (κ1) is 31.5. The molecule has 4 aromatic rings. The van der Waals surface area contributed by atoms with Gasteiger partial charge >= 0.3 is 6.09 Å². The minimum atomic E-state index is -3.34. The van der Waals surface area contributed by atoms with Gasteiger partial charge in [-0.05, 0) is 52.4 Å². The molecule has 0 fully saturated rings. The van der Waals surface area contributed by atoms with E-state index in [1.165, 1.54) is 0 Å². The minimum absolute atomic E-state index is 0.0710. The van der Waals surface area contributed by atoms with Gasteiger partial charge in [-0.3, -0.25) is 4.79 Å². The molecule has 0 saturated carbocycles. The van der Waals surface area contributed by atoms with Gasteiger partial charge in [0.25, 0.3) is 0 Å². The summed E-state index contributed by atoms with van der Waals surface area (Å²) in [6, 6.07) is 32.7. The predicted octanol–water partition coefficient (Wildman–Crippen LogP) is 6.93. The zero-order chi connectivity index (χ0) is 30.5. The predicted molar refractivity (Wildman–Crippen MR) is 171 cm³/mol. The maximum Gasteiger partial charge on any atom is 0.408 e. The van der Waals surface area contributed by atoms with Gasteiger partial charge in [0, 0.05) is 12.1 Å². The Balaban J connectivity index is 1.56. The number of ether oxygens (including phenoxy) is 1. The lowest BCUT2D eigenvalue weighted by atomic mass is 10.0. The van der Waals surface area contributed by atoms with Crippen molar-refractivity contribution in [1.29, 1.82) is 0 Å². The van der Waals surface area contributed by atoms with Crippen LogP contribution >= 0.6 is 0 Å². The van der Waals surface area contributed by atoms with E-state index < -0.39 is 27.9 Å². The van der Waals surface area contributed by atoms with Gasteiger partial charge in [-0.15, -0.1) is 0 Å². The fourth-order valence-electron chi connectivity index (χ4n) is 4.74. The number of hydrogen-bond donors (Lipinski definition) is 2. The van der Waals surface area contributed by atoms with E-state index in [0.717, 1.165) is 35.1 Å². The van der Waals surface area contributed by atoms with E-state index in [2.05, 4.69) is 10.6 Å². The lowest BCUT2D eigenvalue weighted by Gasteiger charge is -2.19. The third-order valence-electron chi connectivity index (χ3n) is 6.92. The van der Waals surface area contributed by atoms with E-state index in [1.54, 1.807) is 6.07 Å². The topological polar surface area (TPSA) is 102 Å². The molecule has 224 valence electrons. The van der Waals surface area contributed by atoms with Crippen LogP contribution in [0.2, 0.25) is 0 Å². The summed E-state index contributed by atoms with van der Waals surface area (Å²) in [5.41, 5.74) is 4.41. The molecule has 1 atom stereocenters. The summed E-state index contributed by atoms with van der Waals surface area (Å²) in [6.45, 7) is 2.11. The second-order valence-electron chi connectivity index (χ2n) is 10.5. The van der Waals surface area contributed by atoms with Gasteiger partial charge in [0.15, 0.2) is 9.84 Å². The molecule has 0 spiro atoms. The summed E-state index contributed by atoms with van der Waals surface area (Å²) in [6.07, 6.45) is 1.94. The number of alkyl carbamates (subject to hydrolysis) is 1. The largest absolute Gasteiger partial charge is 0.445 e. The third kappa shape index (κ3) is 10.4. The minimum Gasteiger partial charge on any atom is -0.445 e. The van der Waals surface area contributed by atoms with Crippen molar-refractivity contribution >= 4 is 27.5 Å². The van der Waals surface area contributed by atoms with E-state index in [0.29, 0.717) is 17.7 Å². The molecule has 8 heteroatoms. The molecule has 4 aromatic carbocycles. The van der Waals surface area contributed by atoms with Crippen LogP contribution in [0, 0.1) is 0 Å². The molecule has 0 aliphatic carbocycles. The molecule has 43 heavy (non-hydrogen) atoms. The van der Waals surface area contributed by atoms with Gasteiger partial charge in [0.1, 0.15) is 12.6 Å². The molecule has 0 radical (unpaired) electrons. The van der Waals surface area contributed by atoms with Crippen molar-refractivity contribution in [2.75, 3.05) is 11.1 Å². The Labute approximate surface area is 254 Å². The summed E-state index contributed by atoms with van der Waals surface area (Å²) >= 11 is 0. The van der Waals surface area contributed by atoms with E-state index in [1.807, 2.05) is 110 Å². The monoisotopic (exact) mass is 598 g/mol. The number of unbranched alkanes of at least 4 members (excludes halogenated alkanes) is 2. The molecule has 0 unspecified atom stereocenters. The SMILES string of the molecule is CCCCCS(=O)(=O)Cc1cc(NC(=O)[C@H](Cc2ccccc2)NC(=O)OCc2ccccc2)cc(-c2ccccc2)c1. The molecular weight excluding hydrogens is 560 g/mol. The standard InChI is InChI=1S/C35H38N2O5S/c1-2-3-13-20-43(40,41)26-29-21-31(30-18-11-6-12-19-30)24-32(22-29)36-34(38)33(23-27-14-7-4-8-15-27)37-35(39)42-25-28-16-9-5-10-17-28/h4-12,14-19,21-22,24,33H,2-3,13,20,23,25-26H2,1H3,(H,36,38)(H,37,39)/t33-/m0/s1. The number of sulfone groups is 1. The van der Waals surface area contributed by atoms with Crippen LogP contribution in [0.25, 0.3) is 11.1 Å². The normalized spacial score (nSPS) is 11.8. The molecule has 0 aliphatic heterocycles. The Morgan fingerprint density at radius 3 is 2.02 bits per heavy atom. The van der Waals surface area contributed by atoms with Crippen LogP contribution in [0.1, 0.15) is 42.9 Å². The molecule has 2 amide bonds. The second-order valence-corrected chi connectivity index (χ2v) is 12.7. The lowest BCUT2D eigenvalue weighted by Crippen LogP contribution is -2.45. The molecular formula is C35H38N2O5S. The van der Waals surface area contributed by atoms with Gasteiger partial charge in [-0.1, -0.05) is 111 Å². The van der Waals surface area contributed by atoms with Crippen molar-refractivity contribution < 1.29 is 22.7 Å². The maximum absolute atomic E-state index is 13.6. The van der Waals surface area contributed by atoms with E-state index in [-0.39, 0.29) is 24.5 Å². The number of nitrogens with one attached hydrogen (secondary N) is 2. The highest BCUT2D eigenvalue weighted by Gasteiger charge is 2.23. The van der Waals surface area contributed by atoms with Crippen molar-refractivity contribution in [1.82, 2.24) is 5.32 Å². The zero-order valence-corrected chi connectivity index (χ0v) is 25.2. The highest BCUT2D eigenvalue weighted by atomic mass is 32.2. The Kier molecular flexibility index (Phi) is 11.5. The fourth-order valence-corrected chi connectivity index (χ4v) is 6.20. The number of amides is 2. The number of anilines is 1. The molecule has 0 aliphatic rings. The maximum atomic E-state index is 13.6. The number of benzene rings is 4.